The molecule has 106 valence electrons. The van der Waals surface area contributed by atoms with Gasteiger partial charge in [-0.3, -0.25) is 0 Å². The Bertz CT molecular complexity index is 383. The van der Waals surface area contributed by atoms with E-state index < -0.39 is 6.10 Å². The molecule has 1 aliphatic carbocycles. The van der Waals surface area contributed by atoms with Gasteiger partial charge in [0.25, 0.3) is 0 Å². The van der Waals surface area contributed by atoms with Gasteiger partial charge in [0.2, 0.25) is 0 Å². The highest BCUT2D eigenvalue weighted by molar-refractivity contribution is 5.28. The average molecular weight is 262 g/mol. The molecular formula is C17H26O2. The molecule has 2 unspecified atom stereocenters. The van der Waals surface area contributed by atoms with Gasteiger partial charge < -0.3 is 9.84 Å². The molecule has 0 aromatic heterocycles. The first-order chi connectivity index (χ1) is 9.24. The average Bonchev–Trinajstić information content (AvgIpc) is 2.45. The van der Waals surface area contributed by atoms with Crippen LogP contribution in [0, 0.1) is 12.8 Å². The molecule has 0 radical (unpaired) electrons. The summed E-state index contributed by atoms with van der Waals surface area (Å²) in [5.41, 5.74) is 2.17. The molecular weight excluding hydrogens is 236 g/mol. The molecule has 2 rings (SSSR count). The minimum absolute atomic E-state index is 0.0496. The van der Waals surface area contributed by atoms with Gasteiger partial charge in [-0.25, -0.2) is 0 Å². The van der Waals surface area contributed by atoms with Crippen molar-refractivity contribution in [3.63, 3.8) is 0 Å². The van der Waals surface area contributed by atoms with Gasteiger partial charge in [0.15, 0.2) is 0 Å². The zero-order valence-electron chi connectivity index (χ0n) is 12.1. The first-order valence-corrected chi connectivity index (χ1v) is 7.59. The van der Waals surface area contributed by atoms with E-state index in [-0.39, 0.29) is 6.10 Å². The normalized spacial score (nSPS) is 20.2. The number of hydrogen-bond acceptors (Lipinski definition) is 2. The van der Waals surface area contributed by atoms with E-state index in [1.54, 1.807) is 0 Å². The second-order valence-electron chi connectivity index (χ2n) is 5.62. The van der Waals surface area contributed by atoms with Gasteiger partial charge in [-0.1, -0.05) is 43.5 Å². The van der Waals surface area contributed by atoms with Crippen molar-refractivity contribution in [2.75, 3.05) is 6.61 Å². The van der Waals surface area contributed by atoms with E-state index in [4.69, 9.17) is 4.74 Å². The van der Waals surface area contributed by atoms with Gasteiger partial charge in [-0.05, 0) is 43.7 Å². The van der Waals surface area contributed by atoms with Crippen LogP contribution < -0.4 is 0 Å². The summed E-state index contributed by atoms with van der Waals surface area (Å²) in [6.07, 6.45) is 5.70. The molecule has 0 aliphatic heterocycles. The highest BCUT2D eigenvalue weighted by Crippen LogP contribution is 2.35. The number of rotatable bonds is 5. The fourth-order valence-corrected chi connectivity index (χ4v) is 3.24. The monoisotopic (exact) mass is 262 g/mol. The van der Waals surface area contributed by atoms with E-state index in [1.807, 2.05) is 25.1 Å². The van der Waals surface area contributed by atoms with E-state index in [1.165, 1.54) is 32.1 Å². The lowest BCUT2D eigenvalue weighted by molar-refractivity contribution is -0.0741. The van der Waals surface area contributed by atoms with Gasteiger partial charge >= 0.3 is 0 Å². The molecule has 0 bridgehead atoms. The van der Waals surface area contributed by atoms with Crippen molar-refractivity contribution >= 4 is 0 Å². The smallest absolute Gasteiger partial charge is 0.106 e. The van der Waals surface area contributed by atoms with E-state index >= 15 is 0 Å². The summed E-state index contributed by atoms with van der Waals surface area (Å²) < 4.78 is 5.90. The van der Waals surface area contributed by atoms with Crippen LogP contribution in [0.2, 0.25) is 0 Å². The van der Waals surface area contributed by atoms with Gasteiger partial charge in [-0.15, -0.1) is 0 Å². The summed E-state index contributed by atoms with van der Waals surface area (Å²) in [5.74, 6) is 0.503. The number of aliphatic hydroxyl groups is 1. The van der Waals surface area contributed by atoms with Crippen LogP contribution >= 0.6 is 0 Å². The Hall–Kier alpha value is -0.860. The number of hydrogen-bond donors (Lipinski definition) is 1. The lowest BCUT2D eigenvalue weighted by Gasteiger charge is -2.33. The van der Waals surface area contributed by atoms with Crippen molar-refractivity contribution in [3.8, 4) is 0 Å². The third-order valence-corrected chi connectivity index (χ3v) is 4.29. The SMILES string of the molecule is CCOC(C1CCCCC1)C(O)c1ccccc1C. The van der Waals surface area contributed by atoms with Crippen LogP contribution in [0.1, 0.15) is 56.3 Å². The highest BCUT2D eigenvalue weighted by Gasteiger charge is 2.31. The van der Waals surface area contributed by atoms with Crippen molar-refractivity contribution in [3.05, 3.63) is 35.4 Å². The standard InChI is InChI=1S/C17H26O2/c1-3-19-17(14-10-5-4-6-11-14)16(18)15-12-8-7-9-13(15)2/h7-9,12,14,16-18H,3-6,10-11H2,1-2H3. The van der Waals surface area contributed by atoms with Crippen molar-refractivity contribution in [1.82, 2.24) is 0 Å². The fourth-order valence-electron chi connectivity index (χ4n) is 3.24. The Morgan fingerprint density at radius 2 is 1.89 bits per heavy atom. The minimum atomic E-state index is -0.496. The van der Waals surface area contributed by atoms with E-state index in [9.17, 15) is 5.11 Å². The summed E-state index contributed by atoms with van der Waals surface area (Å²) in [6, 6.07) is 8.09. The molecule has 1 aromatic carbocycles. The van der Waals surface area contributed by atoms with Gasteiger partial charge in [0.1, 0.15) is 6.10 Å². The molecule has 1 N–H and O–H groups in total. The molecule has 0 spiro atoms. The third-order valence-electron chi connectivity index (χ3n) is 4.29. The largest absolute Gasteiger partial charge is 0.386 e. The van der Waals surface area contributed by atoms with Crippen molar-refractivity contribution < 1.29 is 9.84 Å². The fraction of sp³-hybridized carbons (Fsp3) is 0.647. The first kappa shape index (κ1) is 14.5. The zero-order valence-corrected chi connectivity index (χ0v) is 12.1. The van der Waals surface area contributed by atoms with Crippen LogP contribution in [0.15, 0.2) is 24.3 Å². The zero-order chi connectivity index (χ0) is 13.7. The Balaban J connectivity index is 2.15. The number of benzene rings is 1. The van der Waals surface area contributed by atoms with Crippen LogP contribution in [0.25, 0.3) is 0 Å². The summed E-state index contributed by atoms with van der Waals surface area (Å²) in [5, 5.41) is 10.7. The number of aliphatic hydroxyl groups excluding tert-OH is 1. The summed E-state index contributed by atoms with van der Waals surface area (Å²) in [4.78, 5) is 0. The van der Waals surface area contributed by atoms with Crippen LogP contribution in [0.4, 0.5) is 0 Å². The molecule has 0 saturated heterocycles. The van der Waals surface area contributed by atoms with Crippen LogP contribution in [0.3, 0.4) is 0 Å². The Morgan fingerprint density at radius 1 is 1.21 bits per heavy atom. The van der Waals surface area contributed by atoms with Crippen LogP contribution in [-0.2, 0) is 4.74 Å². The quantitative estimate of drug-likeness (QED) is 0.868. The van der Waals surface area contributed by atoms with Crippen LogP contribution in [0.5, 0.6) is 0 Å². The summed E-state index contributed by atoms with van der Waals surface area (Å²) in [7, 11) is 0. The summed E-state index contributed by atoms with van der Waals surface area (Å²) >= 11 is 0. The third kappa shape index (κ3) is 3.58. The van der Waals surface area contributed by atoms with E-state index in [0.29, 0.717) is 12.5 Å². The minimum Gasteiger partial charge on any atom is -0.386 e. The molecule has 0 heterocycles. The highest BCUT2D eigenvalue weighted by atomic mass is 16.5. The maximum atomic E-state index is 10.7. The maximum Gasteiger partial charge on any atom is 0.106 e. The Labute approximate surface area is 116 Å². The van der Waals surface area contributed by atoms with Crippen molar-refractivity contribution in [2.24, 2.45) is 5.92 Å². The molecule has 2 atom stereocenters. The van der Waals surface area contributed by atoms with Crippen molar-refractivity contribution in [1.29, 1.82) is 0 Å². The summed E-state index contributed by atoms with van der Waals surface area (Å²) in [6.45, 7) is 4.74. The lowest BCUT2D eigenvalue weighted by Crippen LogP contribution is -2.32. The predicted octanol–water partition coefficient (Wildman–Crippen LogP) is 4.01. The molecule has 1 aromatic rings. The Morgan fingerprint density at radius 3 is 2.53 bits per heavy atom. The number of aryl methyl sites for hydroxylation is 1. The second kappa shape index (κ2) is 7.06. The van der Waals surface area contributed by atoms with Crippen LogP contribution in [-0.4, -0.2) is 17.8 Å². The molecule has 1 fully saturated rings. The van der Waals surface area contributed by atoms with Gasteiger partial charge in [0, 0.05) is 6.61 Å². The molecule has 0 amide bonds. The van der Waals surface area contributed by atoms with Crippen molar-refractivity contribution in [2.45, 2.75) is 58.2 Å². The molecule has 1 aliphatic rings. The Kier molecular flexibility index (Phi) is 5.41. The van der Waals surface area contributed by atoms with E-state index in [0.717, 1.165) is 11.1 Å². The molecule has 2 heteroatoms. The maximum absolute atomic E-state index is 10.7. The molecule has 19 heavy (non-hydrogen) atoms. The molecule has 2 nitrogen and oxygen atoms in total. The molecule has 1 saturated carbocycles. The van der Waals surface area contributed by atoms with Gasteiger partial charge in [-0.2, -0.15) is 0 Å². The lowest BCUT2D eigenvalue weighted by atomic mass is 9.81. The second-order valence-corrected chi connectivity index (χ2v) is 5.62. The first-order valence-electron chi connectivity index (χ1n) is 7.59. The topological polar surface area (TPSA) is 29.5 Å². The van der Waals surface area contributed by atoms with E-state index in [2.05, 4.69) is 13.0 Å². The number of ether oxygens (including phenoxy) is 1. The van der Waals surface area contributed by atoms with Gasteiger partial charge in [0.05, 0.1) is 6.10 Å². The predicted molar refractivity (Wildman–Crippen MR) is 78.1 cm³/mol.